The molecule has 1 aromatic carbocycles. The van der Waals surface area contributed by atoms with E-state index in [4.69, 9.17) is 0 Å². The van der Waals surface area contributed by atoms with E-state index in [9.17, 15) is 13.2 Å². The Morgan fingerprint density at radius 2 is 2.19 bits per heavy atom. The highest BCUT2D eigenvalue weighted by Gasteiger charge is 2.29. The van der Waals surface area contributed by atoms with Crippen molar-refractivity contribution < 1.29 is 13.2 Å². The Morgan fingerprint density at radius 3 is 2.92 bits per heavy atom. The van der Waals surface area contributed by atoms with Crippen LogP contribution in [0.3, 0.4) is 0 Å². The van der Waals surface area contributed by atoms with Gasteiger partial charge in [0.1, 0.15) is 0 Å². The standard InChI is InChI=1S/C18H22N4O3S/c1-2-21-26(24,25)16-7-3-5-14(11-16)18(23)22-10-9-20-13-17(22)15-6-4-8-19-12-15/h3-8,11-12,17,20-21H,2,9-10,13H2,1H3. The third-order valence-corrected chi connectivity index (χ3v) is 5.84. The lowest BCUT2D eigenvalue weighted by Gasteiger charge is -2.36. The number of amides is 1. The lowest BCUT2D eigenvalue weighted by Crippen LogP contribution is -2.48. The smallest absolute Gasteiger partial charge is 0.254 e. The zero-order valence-electron chi connectivity index (χ0n) is 14.6. The second-order valence-corrected chi connectivity index (χ2v) is 7.80. The highest BCUT2D eigenvalue weighted by atomic mass is 32.2. The van der Waals surface area contributed by atoms with Crippen LogP contribution >= 0.6 is 0 Å². The van der Waals surface area contributed by atoms with Crippen LogP contribution in [-0.2, 0) is 10.0 Å². The van der Waals surface area contributed by atoms with Gasteiger partial charge in [0.2, 0.25) is 10.0 Å². The molecular weight excluding hydrogens is 352 g/mol. The number of nitrogens with one attached hydrogen (secondary N) is 2. The van der Waals surface area contributed by atoms with Crippen molar-refractivity contribution in [1.82, 2.24) is 19.9 Å². The first-order valence-corrected chi connectivity index (χ1v) is 10.0. The monoisotopic (exact) mass is 374 g/mol. The van der Waals surface area contributed by atoms with Gasteiger partial charge in [-0.15, -0.1) is 0 Å². The predicted octanol–water partition coefficient (Wildman–Crippen LogP) is 1.17. The number of piperazine rings is 1. The van der Waals surface area contributed by atoms with E-state index >= 15 is 0 Å². The summed E-state index contributed by atoms with van der Waals surface area (Å²) < 4.78 is 26.9. The largest absolute Gasteiger partial charge is 0.329 e. The Kier molecular flexibility index (Phi) is 5.65. The molecule has 0 radical (unpaired) electrons. The van der Waals surface area contributed by atoms with Crippen LogP contribution in [0.4, 0.5) is 0 Å². The average Bonchev–Trinajstić information content (AvgIpc) is 2.68. The summed E-state index contributed by atoms with van der Waals surface area (Å²) in [5.74, 6) is -0.186. The number of carbonyl (C=O) groups is 1. The van der Waals surface area contributed by atoms with Crippen molar-refractivity contribution in [3.8, 4) is 0 Å². The van der Waals surface area contributed by atoms with Crippen LogP contribution in [0.25, 0.3) is 0 Å². The molecule has 138 valence electrons. The van der Waals surface area contributed by atoms with Gasteiger partial charge < -0.3 is 10.2 Å². The van der Waals surface area contributed by atoms with E-state index < -0.39 is 10.0 Å². The maximum Gasteiger partial charge on any atom is 0.254 e. The fourth-order valence-electron chi connectivity index (χ4n) is 3.05. The van der Waals surface area contributed by atoms with Gasteiger partial charge in [-0.3, -0.25) is 9.78 Å². The normalized spacial score (nSPS) is 17.9. The number of hydrogen-bond acceptors (Lipinski definition) is 5. The van der Waals surface area contributed by atoms with Crippen molar-refractivity contribution in [3.05, 3.63) is 59.9 Å². The molecule has 8 heteroatoms. The molecule has 1 aliphatic heterocycles. The third kappa shape index (κ3) is 3.92. The molecule has 1 fully saturated rings. The summed E-state index contributed by atoms with van der Waals surface area (Å²) in [6.07, 6.45) is 3.45. The summed E-state index contributed by atoms with van der Waals surface area (Å²) in [5, 5.41) is 3.29. The lowest BCUT2D eigenvalue weighted by molar-refractivity contribution is 0.0633. The molecule has 0 saturated carbocycles. The van der Waals surface area contributed by atoms with E-state index in [0.29, 0.717) is 31.7 Å². The number of nitrogens with zero attached hydrogens (tertiary/aromatic N) is 2. The maximum atomic E-state index is 13.1. The molecule has 1 unspecified atom stereocenters. The van der Waals surface area contributed by atoms with E-state index in [1.54, 1.807) is 36.4 Å². The summed E-state index contributed by atoms with van der Waals surface area (Å²) in [7, 11) is -3.61. The molecule has 1 saturated heterocycles. The van der Waals surface area contributed by atoms with E-state index in [1.807, 2.05) is 12.1 Å². The SMILES string of the molecule is CCNS(=O)(=O)c1cccc(C(=O)N2CCNCC2c2cccnc2)c1. The van der Waals surface area contributed by atoms with Crippen LogP contribution in [0.2, 0.25) is 0 Å². The molecule has 1 amide bonds. The van der Waals surface area contributed by atoms with Crippen LogP contribution in [-0.4, -0.2) is 50.4 Å². The van der Waals surface area contributed by atoms with Crippen LogP contribution in [0.5, 0.6) is 0 Å². The zero-order valence-corrected chi connectivity index (χ0v) is 15.4. The first-order chi connectivity index (χ1) is 12.5. The third-order valence-electron chi connectivity index (χ3n) is 4.30. The number of hydrogen-bond donors (Lipinski definition) is 2. The van der Waals surface area contributed by atoms with Crippen LogP contribution in [0, 0.1) is 0 Å². The van der Waals surface area contributed by atoms with Gasteiger partial charge in [0, 0.05) is 44.1 Å². The Morgan fingerprint density at radius 1 is 1.35 bits per heavy atom. The van der Waals surface area contributed by atoms with Gasteiger partial charge in [0.25, 0.3) is 5.91 Å². The highest BCUT2D eigenvalue weighted by molar-refractivity contribution is 7.89. The Bertz CT molecular complexity index is 871. The molecule has 2 heterocycles. The summed E-state index contributed by atoms with van der Waals surface area (Å²) in [6.45, 7) is 3.88. The number of aromatic nitrogens is 1. The highest BCUT2D eigenvalue weighted by Crippen LogP contribution is 2.24. The quantitative estimate of drug-likeness (QED) is 0.820. The van der Waals surface area contributed by atoms with Crippen LogP contribution in [0.1, 0.15) is 28.9 Å². The molecule has 0 aliphatic carbocycles. The van der Waals surface area contributed by atoms with Gasteiger partial charge in [0.15, 0.2) is 0 Å². The van der Waals surface area contributed by atoms with Crippen molar-refractivity contribution >= 4 is 15.9 Å². The number of rotatable bonds is 5. The first kappa shape index (κ1) is 18.5. The van der Waals surface area contributed by atoms with Gasteiger partial charge in [-0.2, -0.15) is 0 Å². The van der Waals surface area contributed by atoms with Gasteiger partial charge in [-0.25, -0.2) is 13.1 Å². The Labute approximate surface area is 153 Å². The van der Waals surface area contributed by atoms with Gasteiger partial charge in [-0.05, 0) is 29.8 Å². The van der Waals surface area contributed by atoms with Gasteiger partial charge in [-0.1, -0.05) is 19.1 Å². The zero-order chi connectivity index (χ0) is 18.6. The molecule has 0 bridgehead atoms. The molecule has 3 rings (SSSR count). The minimum atomic E-state index is -3.61. The molecule has 2 N–H and O–H groups in total. The molecule has 26 heavy (non-hydrogen) atoms. The summed E-state index contributed by atoms with van der Waals surface area (Å²) in [4.78, 5) is 19.1. The predicted molar refractivity (Wildman–Crippen MR) is 98.2 cm³/mol. The van der Waals surface area contributed by atoms with Crippen molar-refractivity contribution in [2.75, 3.05) is 26.2 Å². The topological polar surface area (TPSA) is 91.4 Å². The van der Waals surface area contributed by atoms with Crippen LogP contribution in [0.15, 0.2) is 53.7 Å². The molecule has 1 atom stereocenters. The average molecular weight is 374 g/mol. The molecule has 2 aromatic rings. The fraction of sp³-hybridized carbons (Fsp3) is 0.333. The summed E-state index contributed by atoms with van der Waals surface area (Å²) in [6, 6.07) is 9.81. The van der Waals surface area contributed by atoms with Crippen molar-refractivity contribution in [2.45, 2.75) is 17.9 Å². The van der Waals surface area contributed by atoms with E-state index in [2.05, 4.69) is 15.0 Å². The second-order valence-electron chi connectivity index (χ2n) is 6.03. The van der Waals surface area contributed by atoms with E-state index in [1.165, 1.54) is 12.1 Å². The van der Waals surface area contributed by atoms with Gasteiger partial charge in [0.05, 0.1) is 10.9 Å². The fourth-order valence-corrected chi connectivity index (χ4v) is 4.14. The molecule has 0 spiro atoms. The van der Waals surface area contributed by atoms with E-state index in [0.717, 1.165) is 5.56 Å². The maximum absolute atomic E-state index is 13.1. The molecule has 7 nitrogen and oxygen atoms in total. The summed E-state index contributed by atoms with van der Waals surface area (Å²) in [5.41, 5.74) is 1.31. The number of sulfonamides is 1. The Hall–Kier alpha value is -2.29. The molecule has 1 aliphatic rings. The van der Waals surface area contributed by atoms with Crippen molar-refractivity contribution in [2.24, 2.45) is 0 Å². The molecular formula is C18H22N4O3S. The minimum Gasteiger partial charge on any atom is -0.329 e. The number of pyridine rings is 1. The minimum absolute atomic E-state index is 0.0956. The number of carbonyl (C=O) groups excluding carboxylic acids is 1. The Balaban J connectivity index is 1.90. The van der Waals surface area contributed by atoms with E-state index in [-0.39, 0.29) is 16.8 Å². The summed E-state index contributed by atoms with van der Waals surface area (Å²) >= 11 is 0. The van der Waals surface area contributed by atoms with Crippen molar-refractivity contribution in [1.29, 1.82) is 0 Å². The van der Waals surface area contributed by atoms with Gasteiger partial charge >= 0.3 is 0 Å². The first-order valence-electron chi connectivity index (χ1n) is 8.54. The lowest BCUT2D eigenvalue weighted by atomic mass is 10.0. The molecule has 1 aromatic heterocycles. The van der Waals surface area contributed by atoms with Crippen LogP contribution < -0.4 is 10.0 Å². The van der Waals surface area contributed by atoms with Crippen molar-refractivity contribution in [3.63, 3.8) is 0 Å². The number of benzene rings is 1. The second kappa shape index (κ2) is 7.94.